The van der Waals surface area contributed by atoms with E-state index in [1.165, 1.54) is 21.3 Å². The molecule has 0 saturated heterocycles. The third-order valence-electron chi connectivity index (χ3n) is 3.94. The van der Waals surface area contributed by atoms with E-state index in [0.717, 1.165) is 17.5 Å². The van der Waals surface area contributed by atoms with Crippen LogP contribution in [0.2, 0.25) is 0 Å². The first kappa shape index (κ1) is 20.1. The smallest absolute Gasteiger partial charge is 0.211 e. The highest BCUT2D eigenvalue weighted by atomic mass is 32.2. The molecule has 142 valence electrons. The molecule has 0 bridgehead atoms. The molecule has 0 saturated carbocycles. The monoisotopic (exact) mass is 379 g/mol. The van der Waals surface area contributed by atoms with Crippen molar-refractivity contribution >= 4 is 10.0 Å². The van der Waals surface area contributed by atoms with Gasteiger partial charge < -0.3 is 14.2 Å². The molecule has 2 aromatic rings. The first-order valence-corrected chi connectivity index (χ1v) is 9.94. The average Bonchev–Trinajstić information content (AvgIpc) is 2.66. The van der Waals surface area contributed by atoms with Gasteiger partial charge in [0.1, 0.15) is 0 Å². The standard InChI is InChI=1S/C19H25NO5S/c1-23-17-12-16(13-18(24-2)19(17)25-3)14-20-26(21,22)11-7-10-15-8-5-4-6-9-15/h4-6,8-9,12-13,20H,7,10-11,14H2,1-3H3. The van der Waals surface area contributed by atoms with Crippen molar-refractivity contribution in [3.8, 4) is 17.2 Å². The van der Waals surface area contributed by atoms with Crippen molar-refractivity contribution in [1.82, 2.24) is 4.72 Å². The number of benzene rings is 2. The summed E-state index contributed by atoms with van der Waals surface area (Å²) in [5.74, 6) is 1.53. The van der Waals surface area contributed by atoms with Gasteiger partial charge in [-0.1, -0.05) is 30.3 Å². The molecule has 0 heterocycles. The van der Waals surface area contributed by atoms with Crippen molar-refractivity contribution in [2.45, 2.75) is 19.4 Å². The predicted molar refractivity (Wildman–Crippen MR) is 101 cm³/mol. The molecule has 26 heavy (non-hydrogen) atoms. The van der Waals surface area contributed by atoms with E-state index in [9.17, 15) is 8.42 Å². The van der Waals surface area contributed by atoms with Crippen molar-refractivity contribution in [2.75, 3.05) is 27.1 Å². The van der Waals surface area contributed by atoms with E-state index in [2.05, 4.69) is 4.72 Å². The maximum atomic E-state index is 12.2. The van der Waals surface area contributed by atoms with Crippen LogP contribution in [0.4, 0.5) is 0 Å². The molecule has 7 heteroatoms. The summed E-state index contributed by atoms with van der Waals surface area (Å²) in [7, 11) is 1.20. The number of rotatable bonds is 10. The Hall–Kier alpha value is -2.25. The van der Waals surface area contributed by atoms with E-state index in [4.69, 9.17) is 14.2 Å². The summed E-state index contributed by atoms with van der Waals surface area (Å²) < 4.78 is 42.9. The molecule has 0 radical (unpaired) electrons. The highest BCUT2D eigenvalue weighted by Crippen LogP contribution is 2.38. The summed E-state index contributed by atoms with van der Waals surface area (Å²) in [6.45, 7) is 0.157. The van der Waals surface area contributed by atoms with Crippen LogP contribution < -0.4 is 18.9 Å². The highest BCUT2D eigenvalue weighted by molar-refractivity contribution is 7.89. The molecule has 0 amide bonds. The van der Waals surface area contributed by atoms with Crippen LogP contribution >= 0.6 is 0 Å². The first-order chi connectivity index (χ1) is 12.5. The predicted octanol–water partition coefficient (Wildman–Crippen LogP) is 2.76. The lowest BCUT2D eigenvalue weighted by Crippen LogP contribution is -2.26. The second-order valence-corrected chi connectivity index (χ2v) is 7.69. The molecule has 0 aromatic heterocycles. The third-order valence-corrected chi connectivity index (χ3v) is 5.35. The van der Waals surface area contributed by atoms with E-state index < -0.39 is 10.0 Å². The molecular formula is C19H25NO5S. The SMILES string of the molecule is COc1cc(CNS(=O)(=O)CCCc2ccccc2)cc(OC)c1OC. The molecule has 2 rings (SSSR count). The highest BCUT2D eigenvalue weighted by Gasteiger charge is 2.15. The zero-order chi connectivity index (χ0) is 19.0. The second-order valence-electron chi connectivity index (χ2n) is 5.76. The van der Waals surface area contributed by atoms with E-state index in [0.29, 0.717) is 23.7 Å². The van der Waals surface area contributed by atoms with Gasteiger partial charge in [0.05, 0.1) is 27.1 Å². The Morgan fingerprint density at radius 3 is 2.04 bits per heavy atom. The molecule has 0 aliphatic rings. The lowest BCUT2D eigenvalue weighted by Gasteiger charge is -2.14. The Kier molecular flexibility index (Phi) is 7.29. The molecular weight excluding hydrogens is 354 g/mol. The van der Waals surface area contributed by atoms with Gasteiger partial charge in [0.2, 0.25) is 15.8 Å². The molecule has 0 aliphatic heterocycles. The van der Waals surface area contributed by atoms with Gasteiger partial charge >= 0.3 is 0 Å². The summed E-state index contributed by atoms with van der Waals surface area (Å²) >= 11 is 0. The Morgan fingerprint density at radius 2 is 1.50 bits per heavy atom. The fraction of sp³-hybridized carbons (Fsp3) is 0.368. The zero-order valence-electron chi connectivity index (χ0n) is 15.3. The van der Waals surface area contributed by atoms with Crippen LogP contribution in [0.15, 0.2) is 42.5 Å². The van der Waals surface area contributed by atoms with Crippen molar-refractivity contribution in [3.63, 3.8) is 0 Å². The molecule has 0 atom stereocenters. The number of hydrogen-bond acceptors (Lipinski definition) is 5. The van der Waals surface area contributed by atoms with Crippen LogP contribution in [0, 0.1) is 0 Å². The van der Waals surface area contributed by atoms with Gasteiger partial charge in [-0.2, -0.15) is 0 Å². The topological polar surface area (TPSA) is 73.9 Å². The van der Waals surface area contributed by atoms with E-state index in [1.54, 1.807) is 12.1 Å². The number of aryl methyl sites for hydroxylation is 1. The lowest BCUT2D eigenvalue weighted by atomic mass is 10.1. The fourth-order valence-electron chi connectivity index (χ4n) is 2.61. The van der Waals surface area contributed by atoms with Crippen LogP contribution in [-0.4, -0.2) is 35.5 Å². The summed E-state index contributed by atoms with van der Waals surface area (Å²) in [5.41, 5.74) is 1.86. The Balaban J connectivity index is 1.96. The first-order valence-electron chi connectivity index (χ1n) is 8.29. The van der Waals surface area contributed by atoms with Gasteiger partial charge in [0.25, 0.3) is 0 Å². The maximum Gasteiger partial charge on any atom is 0.211 e. The van der Waals surface area contributed by atoms with E-state index >= 15 is 0 Å². The Morgan fingerprint density at radius 1 is 0.885 bits per heavy atom. The van der Waals surface area contributed by atoms with Crippen LogP contribution in [-0.2, 0) is 23.0 Å². The van der Waals surface area contributed by atoms with Gasteiger partial charge in [0.15, 0.2) is 11.5 Å². The number of sulfonamides is 1. The largest absolute Gasteiger partial charge is 0.493 e. The van der Waals surface area contributed by atoms with Gasteiger partial charge in [0, 0.05) is 6.54 Å². The minimum Gasteiger partial charge on any atom is -0.493 e. The van der Waals surface area contributed by atoms with Crippen molar-refractivity contribution in [1.29, 1.82) is 0 Å². The Bertz CT molecular complexity index is 781. The van der Waals surface area contributed by atoms with Gasteiger partial charge in [-0.05, 0) is 36.1 Å². The van der Waals surface area contributed by atoms with Crippen LogP contribution in [0.3, 0.4) is 0 Å². The minimum atomic E-state index is -3.37. The van der Waals surface area contributed by atoms with E-state index in [1.807, 2.05) is 30.3 Å². The van der Waals surface area contributed by atoms with Crippen molar-refractivity contribution in [2.24, 2.45) is 0 Å². The lowest BCUT2D eigenvalue weighted by molar-refractivity contribution is 0.323. The number of nitrogens with one attached hydrogen (secondary N) is 1. The third kappa shape index (κ3) is 5.64. The fourth-order valence-corrected chi connectivity index (χ4v) is 3.67. The molecule has 0 aliphatic carbocycles. The van der Waals surface area contributed by atoms with Gasteiger partial charge in [-0.3, -0.25) is 0 Å². The summed E-state index contributed by atoms with van der Waals surface area (Å²) in [6.07, 6.45) is 1.29. The van der Waals surface area contributed by atoms with E-state index in [-0.39, 0.29) is 12.3 Å². The van der Waals surface area contributed by atoms with Gasteiger partial charge in [-0.25, -0.2) is 13.1 Å². The normalized spacial score (nSPS) is 11.2. The van der Waals surface area contributed by atoms with Crippen molar-refractivity contribution in [3.05, 3.63) is 53.6 Å². The van der Waals surface area contributed by atoms with Gasteiger partial charge in [-0.15, -0.1) is 0 Å². The summed E-state index contributed by atoms with van der Waals surface area (Å²) in [4.78, 5) is 0. The molecule has 0 fully saturated rings. The number of ether oxygens (including phenoxy) is 3. The molecule has 2 aromatic carbocycles. The van der Waals surface area contributed by atoms with Crippen LogP contribution in [0.5, 0.6) is 17.2 Å². The zero-order valence-corrected chi connectivity index (χ0v) is 16.1. The number of methoxy groups -OCH3 is 3. The Labute approximate surface area is 155 Å². The second kappa shape index (κ2) is 9.45. The summed E-state index contributed by atoms with van der Waals surface area (Å²) in [6, 6.07) is 13.3. The molecule has 0 unspecified atom stereocenters. The molecule has 1 N–H and O–H groups in total. The number of hydrogen-bond donors (Lipinski definition) is 1. The molecule has 6 nitrogen and oxygen atoms in total. The average molecular weight is 379 g/mol. The molecule has 0 spiro atoms. The van der Waals surface area contributed by atoms with Crippen LogP contribution in [0.25, 0.3) is 0 Å². The maximum absolute atomic E-state index is 12.2. The van der Waals surface area contributed by atoms with Crippen LogP contribution in [0.1, 0.15) is 17.5 Å². The quantitative estimate of drug-likeness (QED) is 0.687. The minimum absolute atomic E-state index is 0.0757. The summed E-state index contributed by atoms with van der Waals surface area (Å²) in [5, 5.41) is 0. The van der Waals surface area contributed by atoms with Crippen molar-refractivity contribution < 1.29 is 22.6 Å².